The fourth-order valence-corrected chi connectivity index (χ4v) is 1.38. The predicted molar refractivity (Wildman–Crippen MR) is 47.2 cm³/mol. The first-order valence-electron chi connectivity index (χ1n) is 4.45. The lowest BCUT2D eigenvalue weighted by Gasteiger charge is -2.28. The Bertz CT molecular complexity index is 116. The third-order valence-electron chi connectivity index (χ3n) is 2.01. The molecule has 4 nitrogen and oxygen atoms in total. The molecule has 0 amide bonds. The van der Waals surface area contributed by atoms with Gasteiger partial charge in [0.05, 0.1) is 19.3 Å². The number of ether oxygens (including phenoxy) is 1. The van der Waals surface area contributed by atoms with Crippen LogP contribution in [0.5, 0.6) is 0 Å². The van der Waals surface area contributed by atoms with Crippen molar-refractivity contribution in [2.75, 3.05) is 46.4 Å². The minimum Gasteiger partial charge on any atom is -0.390 e. The van der Waals surface area contributed by atoms with Gasteiger partial charge in [-0.2, -0.15) is 0 Å². The first kappa shape index (κ1) is 9.92. The van der Waals surface area contributed by atoms with Crippen molar-refractivity contribution in [3.63, 3.8) is 0 Å². The maximum Gasteiger partial charge on any atom is 0.0791 e. The molecule has 1 saturated heterocycles. The lowest BCUT2D eigenvalue weighted by molar-refractivity contribution is 0.0153. The lowest BCUT2D eigenvalue weighted by atomic mass is 10.3. The van der Waals surface area contributed by atoms with Crippen molar-refractivity contribution < 1.29 is 9.84 Å². The van der Waals surface area contributed by atoms with Gasteiger partial charge in [0.2, 0.25) is 0 Å². The number of rotatable bonds is 4. The van der Waals surface area contributed by atoms with Gasteiger partial charge in [0.15, 0.2) is 0 Å². The summed E-state index contributed by atoms with van der Waals surface area (Å²) in [5, 5.41) is 12.4. The number of aliphatic hydroxyl groups is 1. The average molecular weight is 174 g/mol. The summed E-state index contributed by atoms with van der Waals surface area (Å²) in [6.45, 7) is 4.90. The highest BCUT2D eigenvalue weighted by atomic mass is 16.5. The van der Waals surface area contributed by atoms with Gasteiger partial charge in [0.25, 0.3) is 0 Å². The van der Waals surface area contributed by atoms with Crippen molar-refractivity contribution in [2.45, 2.75) is 6.10 Å². The highest BCUT2D eigenvalue weighted by Gasteiger charge is 2.13. The molecule has 0 bridgehead atoms. The molecule has 1 rings (SSSR count). The Morgan fingerprint density at radius 2 is 2.17 bits per heavy atom. The van der Waals surface area contributed by atoms with Crippen LogP contribution in [0.4, 0.5) is 0 Å². The van der Waals surface area contributed by atoms with Gasteiger partial charge in [0, 0.05) is 26.2 Å². The van der Waals surface area contributed by atoms with Crippen LogP contribution in [-0.2, 0) is 4.74 Å². The SMILES string of the molecule is CNCC(O)CN1CCOCC1. The fourth-order valence-electron chi connectivity index (χ4n) is 1.38. The molecular formula is C8H18N2O2. The Kier molecular flexibility index (Phi) is 4.53. The van der Waals surface area contributed by atoms with E-state index in [-0.39, 0.29) is 6.10 Å². The van der Waals surface area contributed by atoms with E-state index in [9.17, 15) is 5.11 Å². The van der Waals surface area contributed by atoms with E-state index < -0.39 is 0 Å². The summed E-state index contributed by atoms with van der Waals surface area (Å²) in [6.07, 6.45) is -0.256. The first-order chi connectivity index (χ1) is 5.83. The second-order valence-corrected chi connectivity index (χ2v) is 3.12. The molecule has 1 fully saturated rings. The van der Waals surface area contributed by atoms with E-state index in [1.54, 1.807) is 0 Å². The molecule has 1 unspecified atom stereocenters. The zero-order valence-electron chi connectivity index (χ0n) is 7.62. The topological polar surface area (TPSA) is 44.7 Å². The number of nitrogens with one attached hydrogen (secondary N) is 1. The van der Waals surface area contributed by atoms with E-state index in [1.807, 2.05) is 7.05 Å². The smallest absolute Gasteiger partial charge is 0.0791 e. The monoisotopic (exact) mass is 174 g/mol. The van der Waals surface area contributed by atoms with Crippen molar-refractivity contribution in [1.82, 2.24) is 10.2 Å². The van der Waals surface area contributed by atoms with Crippen LogP contribution in [0.3, 0.4) is 0 Å². The van der Waals surface area contributed by atoms with Gasteiger partial charge in [0.1, 0.15) is 0 Å². The number of hydrogen-bond acceptors (Lipinski definition) is 4. The quantitative estimate of drug-likeness (QED) is 0.568. The van der Waals surface area contributed by atoms with Gasteiger partial charge in [-0.1, -0.05) is 0 Å². The largest absolute Gasteiger partial charge is 0.390 e. The molecule has 0 aliphatic carbocycles. The van der Waals surface area contributed by atoms with Crippen molar-refractivity contribution in [2.24, 2.45) is 0 Å². The summed E-state index contributed by atoms with van der Waals surface area (Å²) < 4.78 is 5.20. The molecule has 0 aromatic heterocycles. The zero-order chi connectivity index (χ0) is 8.81. The molecule has 0 aromatic carbocycles. The fraction of sp³-hybridized carbons (Fsp3) is 1.00. The van der Waals surface area contributed by atoms with Gasteiger partial charge in [-0.25, -0.2) is 0 Å². The lowest BCUT2D eigenvalue weighted by Crippen LogP contribution is -2.43. The number of hydrogen-bond donors (Lipinski definition) is 2. The van der Waals surface area contributed by atoms with Crippen LogP contribution in [0.1, 0.15) is 0 Å². The average Bonchev–Trinajstić information content (AvgIpc) is 2.06. The van der Waals surface area contributed by atoms with Gasteiger partial charge >= 0.3 is 0 Å². The van der Waals surface area contributed by atoms with Gasteiger partial charge in [-0.15, -0.1) is 0 Å². The molecule has 72 valence electrons. The van der Waals surface area contributed by atoms with Crippen LogP contribution in [0.25, 0.3) is 0 Å². The Balaban J connectivity index is 2.11. The van der Waals surface area contributed by atoms with E-state index in [0.717, 1.165) is 32.8 Å². The molecule has 0 radical (unpaired) electrons. The van der Waals surface area contributed by atoms with Gasteiger partial charge < -0.3 is 15.2 Å². The molecule has 1 atom stereocenters. The van der Waals surface area contributed by atoms with E-state index in [0.29, 0.717) is 6.54 Å². The molecule has 1 aliphatic rings. The third kappa shape index (κ3) is 3.49. The Morgan fingerprint density at radius 1 is 1.50 bits per heavy atom. The van der Waals surface area contributed by atoms with Crippen molar-refractivity contribution in [1.29, 1.82) is 0 Å². The summed E-state index contributed by atoms with van der Waals surface area (Å²) in [6, 6.07) is 0. The highest BCUT2D eigenvalue weighted by Crippen LogP contribution is 1.97. The summed E-state index contributed by atoms with van der Waals surface area (Å²) in [5.41, 5.74) is 0. The van der Waals surface area contributed by atoms with Gasteiger partial charge in [-0.05, 0) is 7.05 Å². The minimum absolute atomic E-state index is 0.256. The highest BCUT2D eigenvalue weighted by molar-refractivity contribution is 4.68. The van der Waals surface area contributed by atoms with Gasteiger partial charge in [-0.3, -0.25) is 4.90 Å². The molecule has 1 aliphatic heterocycles. The second kappa shape index (κ2) is 5.48. The summed E-state index contributed by atoms with van der Waals surface area (Å²) in [4.78, 5) is 2.23. The van der Waals surface area contributed by atoms with E-state index >= 15 is 0 Å². The Morgan fingerprint density at radius 3 is 2.75 bits per heavy atom. The molecule has 4 heteroatoms. The number of likely N-dealkylation sites (N-methyl/N-ethyl adjacent to an activating group) is 1. The Hall–Kier alpha value is -0.160. The van der Waals surface area contributed by atoms with Crippen molar-refractivity contribution in [3.8, 4) is 0 Å². The third-order valence-corrected chi connectivity index (χ3v) is 2.01. The number of aliphatic hydroxyl groups excluding tert-OH is 1. The summed E-state index contributed by atoms with van der Waals surface area (Å²) >= 11 is 0. The maximum absolute atomic E-state index is 9.46. The molecule has 12 heavy (non-hydrogen) atoms. The first-order valence-corrected chi connectivity index (χ1v) is 4.45. The standard InChI is InChI=1S/C8H18N2O2/c1-9-6-8(11)7-10-2-4-12-5-3-10/h8-9,11H,2-7H2,1H3. The molecule has 2 N–H and O–H groups in total. The van der Waals surface area contributed by atoms with Crippen molar-refractivity contribution in [3.05, 3.63) is 0 Å². The number of β-amino-alcohol motifs (C(OH)–C–C–N with tert-alkyl or cyclic N) is 1. The van der Waals surface area contributed by atoms with Crippen LogP contribution >= 0.6 is 0 Å². The minimum atomic E-state index is -0.256. The zero-order valence-corrected chi connectivity index (χ0v) is 7.62. The maximum atomic E-state index is 9.46. The second-order valence-electron chi connectivity index (χ2n) is 3.12. The summed E-state index contributed by atoms with van der Waals surface area (Å²) in [7, 11) is 1.85. The molecule has 0 aromatic rings. The summed E-state index contributed by atoms with van der Waals surface area (Å²) in [5.74, 6) is 0. The molecule has 0 spiro atoms. The van der Waals surface area contributed by atoms with Crippen LogP contribution in [0.2, 0.25) is 0 Å². The Labute approximate surface area is 73.5 Å². The molecule has 0 saturated carbocycles. The van der Waals surface area contributed by atoms with Crippen molar-refractivity contribution >= 4 is 0 Å². The normalized spacial score (nSPS) is 22.5. The van der Waals surface area contributed by atoms with E-state index in [2.05, 4.69) is 10.2 Å². The number of morpholine rings is 1. The van der Waals surface area contributed by atoms with Crippen LogP contribution in [0, 0.1) is 0 Å². The van der Waals surface area contributed by atoms with Crippen LogP contribution in [0.15, 0.2) is 0 Å². The predicted octanol–water partition coefficient (Wildman–Crippen LogP) is -1.10. The van der Waals surface area contributed by atoms with E-state index in [4.69, 9.17) is 4.74 Å². The van der Waals surface area contributed by atoms with Crippen LogP contribution < -0.4 is 5.32 Å². The number of nitrogens with zero attached hydrogens (tertiary/aromatic N) is 1. The van der Waals surface area contributed by atoms with Crippen LogP contribution in [-0.4, -0.2) is 62.6 Å². The van der Waals surface area contributed by atoms with E-state index in [1.165, 1.54) is 0 Å². The molecular weight excluding hydrogens is 156 g/mol. The molecule has 1 heterocycles.